The van der Waals surface area contributed by atoms with Gasteiger partial charge in [-0.2, -0.15) is 0 Å². The number of thioether (sulfide) groups is 1. The van der Waals surface area contributed by atoms with Crippen LogP contribution >= 0.6 is 23.4 Å². The average Bonchev–Trinajstić information content (AvgIpc) is 2.50. The Kier molecular flexibility index (Phi) is 4.17. The van der Waals surface area contributed by atoms with Crippen LogP contribution in [-0.4, -0.2) is 21.7 Å². The Labute approximate surface area is 134 Å². The summed E-state index contributed by atoms with van der Waals surface area (Å²) >= 11 is 7.58. The Bertz CT molecular complexity index is 757. The predicted octanol–water partition coefficient (Wildman–Crippen LogP) is 3.89. The summed E-state index contributed by atoms with van der Waals surface area (Å²) < 4.78 is 32.0. The highest BCUT2D eigenvalue weighted by molar-refractivity contribution is 7.98. The van der Waals surface area contributed by atoms with E-state index >= 15 is 0 Å². The number of hydrogen-bond acceptors (Lipinski definition) is 5. The number of anilines is 1. The first kappa shape index (κ1) is 15.1. The fourth-order valence-electron chi connectivity index (χ4n) is 1.88. The second-order valence-corrected chi connectivity index (χ2v) is 5.60. The number of aromatic nitrogens is 2. The molecule has 0 aliphatic carbocycles. The molecule has 8 heteroatoms. The predicted molar refractivity (Wildman–Crippen MR) is 82.0 cm³/mol. The van der Waals surface area contributed by atoms with Crippen molar-refractivity contribution in [3.63, 3.8) is 0 Å². The van der Waals surface area contributed by atoms with Crippen molar-refractivity contribution in [3.8, 4) is 5.75 Å². The molecule has 1 aliphatic heterocycles. The summed E-state index contributed by atoms with van der Waals surface area (Å²) in [4.78, 5) is 8.44. The van der Waals surface area contributed by atoms with Crippen LogP contribution in [0.2, 0.25) is 0 Å². The van der Waals surface area contributed by atoms with Gasteiger partial charge in [0.15, 0.2) is 22.2 Å². The van der Waals surface area contributed by atoms with Gasteiger partial charge in [0.2, 0.25) is 0 Å². The lowest BCUT2D eigenvalue weighted by molar-refractivity contribution is 0.387. The van der Waals surface area contributed by atoms with Crippen molar-refractivity contribution in [2.75, 3.05) is 11.6 Å². The Morgan fingerprint density at radius 1 is 1.36 bits per heavy atom. The van der Waals surface area contributed by atoms with E-state index in [1.807, 2.05) is 6.26 Å². The van der Waals surface area contributed by atoms with Crippen molar-refractivity contribution in [1.29, 1.82) is 0 Å². The number of nitrogens with one attached hydrogen (secondary N) is 1. The van der Waals surface area contributed by atoms with Crippen molar-refractivity contribution >= 4 is 35.3 Å². The molecule has 3 rings (SSSR count). The second kappa shape index (κ2) is 6.10. The molecule has 1 aromatic heterocycles. The Morgan fingerprint density at radius 3 is 2.91 bits per heavy atom. The van der Waals surface area contributed by atoms with Gasteiger partial charge < -0.3 is 10.1 Å². The molecule has 0 amide bonds. The number of fused-ring (bicyclic) bond motifs is 1. The molecule has 1 atom stereocenters. The molecular formula is C14H10ClF2N3OS. The van der Waals surface area contributed by atoms with Crippen LogP contribution in [0.5, 0.6) is 5.75 Å². The Morgan fingerprint density at radius 2 is 2.18 bits per heavy atom. The molecule has 0 saturated carbocycles. The molecule has 1 N–H and O–H groups in total. The smallest absolute Gasteiger partial charge is 0.189 e. The lowest BCUT2D eigenvalue weighted by Crippen LogP contribution is -2.24. The Balaban J connectivity index is 1.91. The molecule has 22 heavy (non-hydrogen) atoms. The number of halogens is 3. The van der Waals surface area contributed by atoms with Gasteiger partial charge in [-0.1, -0.05) is 23.4 Å². The third-order valence-electron chi connectivity index (χ3n) is 2.91. The molecule has 0 spiro atoms. The van der Waals surface area contributed by atoms with Crippen molar-refractivity contribution in [2.24, 2.45) is 0 Å². The van der Waals surface area contributed by atoms with Crippen molar-refractivity contribution in [3.05, 3.63) is 47.4 Å². The van der Waals surface area contributed by atoms with E-state index in [1.165, 1.54) is 17.8 Å². The maximum Gasteiger partial charge on any atom is 0.189 e. The van der Waals surface area contributed by atoms with E-state index in [1.54, 1.807) is 12.3 Å². The standard InChI is InChI=1S/C14H10ClF2N3OS/c1-22-14-18-6-7-4-11(12(15)19-13(7)20-14)21-10-3-2-8(16)5-9(10)17/h2-6,12H,1H3,(H,18,19,20). The van der Waals surface area contributed by atoms with Crippen LogP contribution in [0.4, 0.5) is 14.6 Å². The molecule has 4 nitrogen and oxygen atoms in total. The minimum Gasteiger partial charge on any atom is -0.455 e. The zero-order valence-corrected chi connectivity index (χ0v) is 12.9. The van der Waals surface area contributed by atoms with Crippen LogP contribution in [0.3, 0.4) is 0 Å². The van der Waals surface area contributed by atoms with Crippen molar-refractivity contribution < 1.29 is 13.5 Å². The number of benzene rings is 1. The van der Waals surface area contributed by atoms with Gasteiger partial charge in [-0.15, -0.1) is 0 Å². The summed E-state index contributed by atoms with van der Waals surface area (Å²) in [6.45, 7) is 0. The summed E-state index contributed by atoms with van der Waals surface area (Å²) in [7, 11) is 0. The average molecular weight is 342 g/mol. The number of nitrogens with zero attached hydrogens (tertiary/aromatic N) is 2. The molecule has 1 unspecified atom stereocenters. The van der Waals surface area contributed by atoms with Crippen LogP contribution in [0.1, 0.15) is 5.56 Å². The molecular weight excluding hydrogens is 332 g/mol. The molecule has 0 fully saturated rings. The van der Waals surface area contributed by atoms with E-state index in [0.717, 1.165) is 12.1 Å². The topological polar surface area (TPSA) is 47.0 Å². The summed E-state index contributed by atoms with van der Waals surface area (Å²) in [6, 6.07) is 3.06. The third kappa shape index (κ3) is 3.00. The summed E-state index contributed by atoms with van der Waals surface area (Å²) in [5.41, 5.74) is -0.0474. The minimum atomic E-state index is -0.801. The monoisotopic (exact) mass is 341 g/mol. The minimum absolute atomic E-state index is 0.106. The maximum absolute atomic E-state index is 13.6. The molecule has 2 heterocycles. The van der Waals surface area contributed by atoms with Gasteiger partial charge in [0.05, 0.1) is 0 Å². The first-order chi connectivity index (χ1) is 10.6. The zero-order valence-electron chi connectivity index (χ0n) is 11.3. The lowest BCUT2D eigenvalue weighted by atomic mass is 10.2. The van der Waals surface area contributed by atoms with Gasteiger partial charge in [0, 0.05) is 17.8 Å². The van der Waals surface area contributed by atoms with Crippen molar-refractivity contribution in [1.82, 2.24) is 9.97 Å². The zero-order chi connectivity index (χ0) is 15.7. The number of alkyl halides is 1. The van der Waals surface area contributed by atoms with Crippen molar-refractivity contribution in [2.45, 2.75) is 10.7 Å². The van der Waals surface area contributed by atoms with Crippen LogP contribution in [-0.2, 0) is 0 Å². The second-order valence-electron chi connectivity index (χ2n) is 4.39. The number of hydrogen-bond donors (Lipinski definition) is 1. The quantitative estimate of drug-likeness (QED) is 0.397. The van der Waals surface area contributed by atoms with E-state index in [4.69, 9.17) is 16.3 Å². The fraction of sp³-hybridized carbons (Fsp3) is 0.143. The van der Waals surface area contributed by atoms with E-state index < -0.39 is 17.1 Å². The SMILES string of the molecule is CSc1ncc2c(n1)NC(Cl)C(Oc1ccc(F)cc1F)=C2. The first-order valence-corrected chi connectivity index (χ1v) is 7.89. The molecule has 1 aromatic carbocycles. The highest BCUT2D eigenvalue weighted by atomic mass is 35.5. The Hall–Kier alpha value is -1.86. The number of ether oxygens (including phenoxy) is 1. The molecule has 2 aromatic rings. The fourth-order valence-corrected chi connectivity index (χ4v) is 2.43. The van der Waals surface area contributed by atoms with Crippen LogP contribution < -0.4 is 10.1 Å². The van der Waals surface area contributed by atoms with Gasteiger partial charge in [-0.25, -0.2) is 18.7 Å². The maximum atomic E-state index is 13.6. The van der Waals surface area contributed by atoms with Gasteiger partial charge in [-0.3, -0.25) is 0 Å². The molecule has 0 saturated heterocycles. The highest BCUT2D eigenvalue weighted by Gasteiger charge is 2.23. The highest BCUT2D eigenvalue weighted by Crippen LogP contribution is 2.30. The molecule has 0 radical (unpaired) electrons. The molecule has 0 bridgehead atoms. The van der Waals surface area contributed by atoms with Crippen LogP contribution in [0, 0.1) is 11.6 Å². The lowest BCUT2D eigenvalue weighted by Gasteiger charge is -2.23. The van der Waals surface area contributed by atoms with Crippen LogP contribution in [0.25, 0.3) is 6.08 Å². The summed E-state index contributed by atoms with van der Waals surface area (Å²) in [5, 5.41) is 3.56. The molecule has 114 valence electrons. The van der Waals surface area contributed by atoms with E-state index in [-0.39, 0.29) is 11.5 Å². The summed E-state index contributed by atoms with van der Waals surface area (Å²) in [6.07, 6.45) is 5.11. The van der Waals surface area contributed by atoms with Gasteiger partial charge in [-0.05, 0) is 24.5 Å². The van der Waals surface area contributed by atoms with E-state index in [0.29, 0.717) is 16.5 Å². The van der Waals surface area contributed by atoms with E-state index in [2.05, 4.69) is 15.3 Å². The van der Waals surface area contributed by atoms with Crippen LogP contribution in [0.15, 0.2) is 35.3 Å². The van der Waals surface area contributed by atoms with Gasteiger partial charge in [0.25, 0.3) is 0 Å². The normalized spacial score (nSPS) is 16.5. The number of rotatable bonds is 3. The third-order valence-corrected chi connectivity index (χ3v) is 3.80. The summed E-state index contributed by atoms with van der Waals surface area (Å²) in [5.74, 6) is -0.729. The van der Waals surface area contributed by atoms with E-state index in [9.17, 15) is 8.78 Å². The van der Waals surface area contributed by atoms with Gasteiger partial charge >= 0.3 is 0 Å². The van der Waals surface area contributed by atoms with Gasteiger partial charge in [0.1, 0.15) is 17.4 Å². The molecule has 1 aliphatic rings. The first-order valence-electron chi connectivity index (χ1n) is 6.23. The largest absolute Gasteiger partial charge is 0.455 e.